The number of imidazole rings is 1. The molecule has 154 valence electrons. The van der Waals surface area contributed by atoms with Crippen LogP contribution in [-0.2, 0) is 25.9 Å². The lowest BCUT2D eigenvalue weighted by Gasteiger charge is -2.27. The van der Waals surface area contributed by atoms with Crippen LogP contribution < -0.4 is 0 Å². The van der Waals surface area contributed by atoms with E-state index in [0.29, 0.717) is 0 Å². The van der Waals surface area contributed by atoms with Crippen molar-refractivity contribution in [2.24, 2.45) is 0 Å². The number of aromatic nitrogens is 4. The summed E-state index contributed by atoms with van der Waals surface area (Å²) in [5.74, 6) is 1.94. The van der Waals surface area contributed by atoms with Crippen molar-refractivity contribution in [1.82, 2.24) is 24.8 Å². The van der Waals surface area contributed by atoms with Crippen molar-refractivity contribution >= 4 is 22.8 Å². The molecule has 0 bridgehead atoms. The van der Waals surface area contributed by atoms with Gasteiger partial charge in [0.15, 0.2) is 10.2 Å². The Morgan fingerprint density at radius 2 is 2.13 bits per heavy atom. The molecule has 1 aliphatic heterocycles. The largest absolute Gasteiger partial charge is 0.453 e. The van der Waals surface area contributed by atoms with Crippen LogP contribution in [0.15, 0.2) is 51.2 Å². The van der Waals surface area contributed by atoms with E-state index >= 15 is 0 Å². The predicted octanol–water partition coefficient (Wildman–Crippen LogP) is 4.92. The molecule has 0 aliphatic carbocycles. The highest BCUT2D eigenvalue weighted by atomic mass is 32.2. The SMILES string of the molecule is CCCc1ncc2c(n1)CCN(Cc1ccc(Sc3nc4ccc(C)cc4[nH]3)o1)C2. The smallest absolute Gasteiger partial charge is 0.174 e. The normalized spacial score (nSPS) is 14.3. The minimum Gasteiger partial charge on any atom is -0.453 e. The molecule has 0 saturated heterocycles. The molecule has 7 heteroatoms. The fraction of sp³-hybridized carbons (Fsp3) is 0.348. The number of hydrogen-bond donors (Lipinski definition) is 1. The summed E-state index contributed by atoms with van der Waals surface area (Å²) in [6, 6.07) is 10.3. The molecule has 1 N–H and O–H groups in total. The Morgan fingerprint density at radius 3 is 3.03 bits per heavy atom. The molecule has 4 aromatic rings. The summed E-state index contributed by atoms with van der Waals surface area (Å²) in [4.78, 5) is 19.7. The van der Waals surface area contributed by atoms with Crippen molar-refractivity contribution in [2.75, 3.05) is 6.54 Å². The molecular weight excluding hydrogens is 394 g/mol. The average molecular weight is 420 g/mol. The molecule has 1 aromatic carbocycles. The summed E-state index contributed by atoms with van der Waals surface area (Å²) in [6.07, 6.45) is 5.01. The van der Waals surface area contributed by atoms with Gasteiger partial charge in [-0.1, -0.05) is 13.0 Å². The monoisotopic (exact) mass is 419 g/mol. The van der Waals surface area contributed by atoms with Crippen LogP contribution in [0.5, 0.6) is 0 Å². The second-order valence-corrected chi connectivity index (χ2v) is 8.85. The van der Waals surface area contributed by atoms with Gasteiger partial charge in [-0.3, -0.25) is 4.90 Å². The Kier molecular flexibility index (Phi) is 5.31. The molecule has 3 aromatic heterocycles. The van der Waals surface area contributed by atoms with Crippen LogP contribution in [0.3, 0.4) is 0 Å². The number of benzene rings is 1. The first-order chi connectivity index (χ1) is 14.7. The zero-order chi connectivity index (χ0) is 20.5. The average Bonchev–Trinajstić information content (AvgIpc) is 3.34. The third-order valence-corrected chi connectivity index (χ3v) is 6.17. The number of aryl methyl sites for hydroxylation is 2. The Morgan fingerprint density at radius 1 is 1.20 bits per heavy atom. The van der Waals surface area contributed by atoms with Crippen LogP contribution in [0.25, 0.3) is 11.0 Å². The van der Waals surface area contributed by atoms with Gasteiger partial charge in [0.25, 0.3) is 0 Å². The number of nitrogens with one attached hydrogen (secondary N) is 1. The molecule has 0 fully saturated rings. The van der Waals surface area contributed by atoms with Gasteiger partial charge in [-0.25, -0.2) is 15.0 Å². The standard InChI is InChI=1S/C23H25N5OS/c1-3-4-21-24-12-16-13-28(10-9-18(16)25-21)14-17-6-8-22(29-17)30-23-26-19-7-5-15(2)11-20(19)27-23/h5-8,11-12H,3-4,9-10,13-14H2,1-2H3,(H,26,27). The molecule has 6 nitrogen and oxygen atoms in total. The first kappa shape index (κ1) is 19.3. The highest BCUT2D eigenvalue weighted by Crippen LogP contribution is 2.30. The Balaban J connectivity index is 1.23. The number of rotatable bonds is 6. The second kappa shape index (κ2) is 8.24. The van der Waals surface area contributed by atoms with Crippen molar-refractivity contribution in [3.8, 4) is 0 Å². The van der Waals surface area contributed by atoms with E-state index < -0.39 is 0 Å². The van der Waals surface area contributed by atoms with Crippen molar-refractivity contribution in [3.63, 3.8) is 0 Å². The van der Waals surface area contributed by atoms with E-state index in [-0.39, 0.29) is 0 Å². The van der Waals surface area contributed by atoms with Crippen LogP contribution in [0.1, 0.15) is 41.8 Å². The van der Waals surface area contributed by atoms with Crippen LogP contribution >= 0.6 is 11.8 Å². The van der Waals surface area contributed by atoms with E-state index in [1.807, 2.05) is 18.3 Å². The zero-order valence-corrected chi connectivity index (χ0v) is 18.1. The van der Waals surface area contributed by atoms with Crippen LogP contribution in [0.4, 0.5) is 0 Å². The number of fused-ring (bicyclic) bond motifs is 2. The van der Waals surface area contributed by atoms with Crippen molar-refractivity contribution in [2.45, 2.75) is 56.4 Å². The summed E-state index contributed by atoms with van der Waals surface area (Å²) >= 11 is 1.52. The van der Waals surface area contributed by atoms with E-state index in [4.69, 9.17) is 9.40 Å². The fourth-order valence-corrected chi connectivity index (χ4v) is 4.64. The van der Waals surface area contributed by atoms with Gasteiger partial charge in [-0.15, -0.1) is 0 Å². The van der Waals surface area contributed by atoms with E-state index in [1.165, 1.54) is 28.6 Å². The minimum absolute atomic E-state index is 0.788. The highest BCUT2D eigenvalue weighted by molar-refractivity contribution is 7.99. The van der Waals surface area contributed by atoms with Gasteiger partial charge in [0, 0.05) is 43.4 Å². The minimum atomic E-state index is 0.788. The lowest BCUT2D eigenvalue weighted by Crippen LogP contribution is -2.31. The zero-order valence-electron chi connectivity index (χ0n) is 17.3. The molecule has 0 amide bonds. The highest BCUT2D eigenvalue weighted by Gasteiger charge is 2.20. The maximum absolute atomic E-state index is 6.08. The van der Waals surface area contributed by atoms with Crippen molar-refractivity contribution in [1.29, 1.82) is 0 Å². The van der Waals surface area contributed by atoms with E-state index in [0.717, 1.165) is 71.8 Å². The number of H-pyrrole nitrogens is 1. The molecule has 0 atom stereocenters. The van der Waals surface area contributed by atoms with E-state index in [9.17, 15) is 0 Å². The van der Waals surface area contributed by atoms with Crippen molar-refractivity contribution < 1.29 is 4.42 Å². The summed E-state index contributed by atoms with van der Waals surface area (Å²) in [5, 5.41) is 1.70. The number of furan rings is 1. The van der Waals surface area contributed by atoms with Gasteiger partial charge < -0.3 is 9.40 Å². The quantitative estimate of drug-likeness (QED) is 0.478. The first-order valence-corrected chi connectivity index (χ1v) is 11.3. The van der Waals surface area contributed by atoms with Gasteiger partial charge in [0.1, 0.15) is 11.6 Å². The summed E-state index contributed by atoms with van der Waals surface area (Å²) < 4.78 is 6.08. The maximum atomic E-state index is 6.08. The fourth-order valence-electron chi connectivity index (χ4n) is 3.86. The number of hydrogen-bond acceptors (Lipinski definition) is 6. The molecular formula is C23H25N5OS. The Labute approximate surface area is 180 Å². The topological polar surface area (TPSA) is 70.8 Å². The van der Waals surface area contributed by atoms with Crippen LogP contribution in [-0.4, -0.2) is 31.4 Å². The lowest BCUT2D eigenvalue weighted by atomic mass is 10.1. The molecule has 0 radical (unpaired) electrons. The van der Waals surface area contributed by atoms with Gasteiger partial charge >= 0.3 is 0 Å². The third-order valence-electron chi connectivity index (χ3n) is 5.37. The third kappa shape index (κ3) is 4.13. The van der Waals surface area contributed by atoms with E-state index in [2.05, 4.69) is 51.9 Å². The molecule has 0 unspecified atom stereocenters. The number of aromatic amines is 1. The Bertz CT molecular complexity index is 1180. The molecule has 4 heterocycles. The Hall–Kier alpha value is -2.64. The summed E-state index contributed by atoms with van der Waals surface area (Å²) in [7, 11) is 0. The van der Waals surface area contributed by atoms with Crippen molar-refractivity contribution in [3.05, 3.63) is 64.9 Å². The molecule has 5 rings (SSSR count). The molecule has 30 heavy (non-hydrogen) atoms. The first-order valence-electron chi connectivity index (χ1n) is 10.5. The molecule has 0 saturated carbocycles. The maximum Gasteiger partial charge on any atom is 0.174 e. The summed E-state index contributed by atoms with van der Waals surface area (Å²) in [5.41, 5.74) is 5.70. The molecule has 0 spiro atoms. The van der Waals surface area contributed by atoms with Gasteiger partial charge in [0.05, 0.1) is 17.6 Å². The lowest BCUT2D eigenvalue weighted by molar-refractivity contribution is 0.218. The molecule has 1 aliphatic rings. The van der Waals surface area contributed by atoms with Gasteiger partial charge in [0.2, 0.25) is 0 Å². The summed E-state index contributed by atoms with van der Waals surface area (Å²) in [6.45, 7) is 6.89. The van der Waals surface area contributed by atoms with Gasteiger partial charge in [-0.2, -0.15) is 0 Å². The second-order valence-electron chi connectivity index (χ2n) is 7.85. The predicted molar refractivity (Wildman–Crippen MR) is 118 cm³/mol. The van der Waals surface area contributed by atoms with E-state index in [1.54, 1.807) is 0 Å². The van der Waals surface area contributed by atoms with Crippen LogP contribution in [0, 0.1) is 6.92 Å². The van der Waals surface area contributed by atoms with Gasteiger partial charge in [-0.05, 0) is 54.9 Å². The van der Waals surface area contributed by atoms with Crippen LogP contribution in [0.2, 0.25) is 0 Å². The number of nitrogens with zero attached hydrogens (tertiary/aromatic N) is 4.